The summed E-state index contributed by atoms with van der Waals surface area (Å²) in [6.07, 6.45) is 6.56. The number of nitrogens with one attached hydrogen (secondary N) is 2. The van der Waals surface area contributed by atoms with Crippen molar-refractivity contribution in [3.63, 3.8) is 0 Å². The average Bonchev–Trinajstić information content (AvgIpc) is 3.28. The Hall–Kier alpha value is -2.96. The molecule has 0 fully saturated rings. The van der Waals surface area contributed by atoms with E-state index in [1.165, 1.54) is 24.5 Å². The SMILES string of the molecule is Cc1ccc(S(=O)(=O)N2C=CNC(=O)[C@H]2CC(=O)N[C@H]2CCCc3c2cnn3CCO[Si](C)(C)C(C)(C)C)cc1. The maximum Gasteiger partial charge on any atom is 0.264 e. The van der Waals surface area contributed by atoms with E-state index in [9.17, 15) is 18.0 Å². The molecule has 1 aromatic carbocycles. The first-order chi connectivity index (χ1) is 18.7. The maximum absolute atomic E-state index is 13.3. The zero-order chi connectivity index (χ0) is 29.3. The van der Waals surface area contributed by atoms with Gasteiger partial charge >= 0.3 is 0 Å². The van der Waals surface area contributed by atoms with Crippen LogP contribution in [0.3, 0.4) is 0 Å². The first-order valence-electron chi connectivity index (χ1n) is 13.8. The summed E-state index contributed by atoms with van der Waals surface area (Å²) < 4.78 is 36.0. The highest BCUT2D eigenvalue weighted by molar-refractivity contribution is 7.89. The lowest BCUT2D eigenvalue weighted by Gasteiger charge is -2.36. The molecular weight excluding hydrogens is 546 g/mol. The minimum Gasteiger partial charge on any atom is -0.415 e. The summed E-state index contributed by atoms with van der Waals surface area (Å²) in [4.78, 5) is 26.0. The van der Waals surface area contributed by atoms with Crippen LogP contribution in [-0.2, 0) is 37.0 Å². The van der Waals surface area contributed by atoms with Crippen LogP contribution >= 0.6 is 0 Å². The second-order valence-electron chi connectivity index (χ2n) is 12.1. The van der Waals surface area contributed by atoms with Crippen LogP contribution < -0.4 is 10.6 Å². The summed E-state index contributed by atoms with van der Waals surface area (Å²) in [5, 5.41) is 10.3. The summed E-state index contributed by atoms with van der Waals surface area (Å²) in [6, 6.07) is 4.94. The van der Waals surface area contributed by atoms with Gasteiger partial charge in [0.2, 0.25) is 11.8 Å². The Morgan fingerprint density at radius 2 is 1.93 bits per heavy atom. The van der Waals surface area contributed by atoms with E-state index in [4.69, 9.17) is 4.43 Å². The molecule has 0 saturated carbocycles. The van der Waals surface area contributed by atoms with Crippen molar-refractivity contribution in [2.75, 3.05) is 6.61 Å². The predicted molar refractivity (Wildman–Crippen MR) is 155 cm³/mol. The molecule has 12 heteroatoms. The monoisotopic (exact) mass is 587 g/mol. The van der Waals surface area contributed by atoms with Crippen LogP contribution in [0.5, 0.6) is 0 Å². The molecule has 1 aromatic heterocycles. The van der Waals surface area contributed by atoms with Gasteiger partial charge in [-0.15, -0.1) is 0 Å². The van der Waals surface area contributed by atoms with Crippen molar-refractivity contribution in [3.8, 4) is 0 Å². The van der Waals surface area contributed by atoms with E-state index in [0.29, 0.717) is 13.2 Å². The zero-order valence-electron chi connectivity index (χ0n) is 24.2. The highest BCUT2D eigenvalue weighted by Gasteiger charge is 2.38. The van der Waals surface area contributed by atoms with Crippen molar-refractivity contribution in [1.29, 1.82) is 0 Å². The molecule has 0 bridgehead atoms. The number of hydrogen-bond acceptors (Lipinski definition) is 6. The van der Waals surface area contributed by atoms with Gasteiger partial charge in [-0.3, -0.25) is 18.6 Å². The van der Waals surface area contributed by atoms with E-state index in [-0.39, 0.29) is 22.4 Å². The van der Waals surface area contributed by atoms with E-state index in [1.807, 2.05) is 11.6 Å². The standard InChI is InChI=1S/C28H41N5O5SSi/c1-20-10-12-21(13-11-20)39(36,37)33-15-14-29-27(35)25(33)18-26(34)31-23-8-7-9-24-22(23)19-30-32(24)16-17-38-40(5,6)28(2,3)4/h10-15,19,23,25H,7-9,16-18H2,1-6H3,(H,29,35)(H,31,34)/t23-,25+/m0/s1. The van der Waals surface area contributed by atoms with Gasteiger partial charge in [-0.25, -0.2) is 8.42 Å². The molecule has 2 N–H and O–H groups in total. The number of aryl methyl sites for hydroxylation is 1. The summed E-state index contributed by atoms with van der Waals surface area (Å²) >= 11 is 0. The summed E-state index contributed by atoms with van der Waals surface area (Å²) in [7, 11) is -5.89. The van der Waals surface area contributed by atoms with Gasteiger partial charge in [0.25, 0.3) is 10.0 Å². The van der Waals surface area contributed by atoms with Gasteiger partial charge in [0.1, 0.15) is 6.04 Å². The van der Waals surface area contributed by atoms with Crippen LogP contribution in [0.2, 0.25) is 18.1 Å². The number of carbonyl (C=O) groups is 2. The second-order valence-corrected chi connectivity index (χ2v) is 18.7. The molecule has 0 saturated heterocycles. The van der Waals surface area contributed by atoms with Crippen molar-refractivity contribution in [3.05, 3.63) is 59.7 Å². The molecule has 2 atom stereocenters. The van der Waals surface area contributed by atoms with Crippen molar-refractivity contribution in [2.45, 2.75) is 95.0 Å². The molecule has 218 valence electrons. The highest BCUT2D eigenvalue weighted by Crippen LogP contribution is 2.36. The predicted octanol–water partition coefficient (Wildman–Crippen LogP) is 3.76. The fourth-order valence-electron chi connectivity index (χ4n) is 4.76. The lowest BCUT2D eigenvalue weighted by atomic mass is 9.92. The molecular formula is C28H41N5O5SSi. The van der Waals surface area contributed by atoms with E-state index in [0.717, 1.165) is 40.4 Å². The third kappa shape index (κ3) is 6.34. The molecule has 2 heterocycles. The molecule has 0 spiro atoms. The molecule has 2 aliphatic rings. The molecule has 2 amide bonds. The van der Waals surface area contributed by atoms with Crippen molar-refractivity contribution in [2.24, 2.45) is 0 Å². The highest BCUT2D eigenvalue weighted by atomic mass is 32.2. The van der Waals surface area contributed by atoms with Crippen molar-refractivity contribution < 1.29 is 22.4 Å². The molecule has 0 unspecified atom stereocenters. The quantitative estimate of drug-likeness (QED) is 0.431. The summed E-state index contributed by atoms with van der Waals surface area (Å²) in [5.74, 6) is -0.946. The number of hydrogen-bond donors (Lipinski definition) is 2. The van der Waals surface area contributed by atoms with E-state index < -0.39 is 36.2 Å². The summed E-state index contributed by atoms with van der Waals surface area (Å²) in [5.41, 5.74) is 2.96. The number of sulfonamides is 1. The van der Waals surface area contributed by atoms with Gasteiger partial charge in [-0.1, -0.05) is 38.5 Å². The Morgan fingerprint density at radius 1 is 1.23 bits per heavy atom. The normalized spacial score (nSPS) is 19.8. The number of nitrogens with zero attached hydrogens (tertiary/aromatic N) is 3. The molecule has 40 heavy (non-hydrogen) atoms. The van der Waals surface area contributed by atoms with Crippen LogP contribution in [0.25, 0.3) is 0 Å². The Labute approximate surface area is 238 Å². The minimum atomic E-state index is -4.03. The fraction of sp³-hybridized carbons (Fsp3) is 0.536. The number of fused-ring (bicyclic) bond motifs is 1. The minimum absolute atomic E-state index is 0.0599. The second kappa shape index (κ2) is 11.5. The molecule has 0 radical (unpaired) electrons. The molecule has 2 aromatic rings. The lowest BCUT2D eigenvalue weighted by molar-refractivity contribution is -0.129. The lowest BCUT2D eigenvalue weighted by Crippen LogP contribution is -2.51. The Balaban J connectivity index is 1.43. The third-order valence-electron chi connectivity index (χ3n) is 8.20. The Bertz CT molecular complexity index is 1380. The number of amides is 2. The molecule has 1 aliphatic heterocycles. The molecule has 4 rings (SSSR count). The van der Waals surface area contributed by atoms with E-state index in [2.05, 4.69) is 49.6 Å². The summed E-state index contributed by atoms with van der Waals surface area (Å²) in [6.45, 7) is 14.2. The Morgan fingerprint density at radius 3 is 2.60 bits per heavy atom. The van der Waals surface area contributed by atoms with Crippen LogP contribution in [0.1, 0.15) is 62.9 Å². The van der Waals surface area contributed by atoms with Crippen LogP contribution in [-0.4, -0.2) is 55.3 Å². The number of aromatic nitrogens is 2. The molecule has 10 nitrogen and oxygen atoms in total. The number of rotatable bonds is 9. The first-order valence-corrected chi connectivity index (χ1v) is 18.1. The van der Waals surface area contributed by atoms with Crippen LogP contribution in [0.4, 0.5) is 0 Å². The van der Waals surface area contributed by atoms with Crippen molar-refractivity contribution >= 4 is 30.2 Å². The number of benzene rings is 1. The van der Waals surface area contributed by atoms with Crippen LogP contribution in [0, 0.1) is 6.92 Å². The average molecular weight is 588 g/mol. The topological polar surface area (TPSA) is 123 Å². The largest absolute Gasteiger partial charge is 0.415 e. The Kier molecular flexibility index (Phi) is 8.62. The van der Waals surface area contributed by atoms with Gasteiger partial charge in [0.05, 0.1) is 36.7 Å². The first kappa shape index (κ1) is 30.0. The fourth-order valence-corrected chi connectivity index (χ4v) is 7.25. The van der Waals surface area contributed by atoms with E-state index in [1.54, 1.807) is 18.3 Å². The van der Waals surface area contributed by atoms with Crippen LogP contribution in [0.15, 0.2) is 47.8 Å². The van der Waals surface area contributed by atoms with Gasteiger partial charge in [-0.2, -0.15) is 5.10 Å². The van der Waals surface area contributed by atoms with Gasteiger partial charge in [-0.05, 0) is 56.5 Å². The van der Waals surface area contributed by atoms with Crippen molar-refractivity contribution in [1.82, 2.24) is 24.7 Å². The van der Waals surface area contributed by atoms with Gasteiger partial charge in [0.15, 0.2) is 8.32 Å². The smallest absolute Gasteiger partial charge is 0.264 e. The molecule has 1 aliphatic carbocycles. The zero-order valence-corrected chi connectivity index (χ0v) is 26.0. The number of carbonyl (C=O) groups excluding carboxylic acids is 2. The third-order valence-corrected chi connectivity index (χ3v) is 14.5. The van der Waals surface area contributed by atoms with Gasteiger partial charge in [0, 0.05) is 23.7 Å². The van der Waals surface area contributed by atoms with Gasteiger partial charge < -0.3 is 15.1 Å². The maximum atomic E-state index is 13.3. The van der Waals surface area contributed by atoms with E-state index >= 15 is 0 Å².